The monoisotopic (exact) mass is 962 g/mol. The van der Waals surface area contributed by atoms with Gasteiger partial charge in [0, 0.05) is 7.11 Å². The van der Waals surface area contributed by atoms with Gasteiger partial charge in [-0.1, -0.05) is 32.9 Å². The zero-order valence-electron chi connectivity index (χ0n) is 40.8. The van der Waals surface area contributed by atoms with E-state index < -0.39 is 32.6 Å². The van der Waals surface area contributed by atoms with E-state index >= 15 is 0 Å². The zero-order chi connectivity index (χ0) is 49.0. The second kappa shape index (κ2) is 30.5. The number of esters is 2. The van der Waals surface area contributed by atoms with Crippen LogP contribution in [0.5, 0.6) is 17.2 Å². The molecule has 3 aromatic carbocycles. The fourth-order valence-corrected chi connectivity index (χ4v) is 7.60. The molecule has 0 saturated carbocycles. The molecule has 0 aliphatic carbocycles. The molecule has 0 spiro atoms. The third kappa shape index (κ3) is 22.8. The highest BCUT2D eigenvalue weighted by molar-refractivity contribution is 7.91. The van der Waals surface area contributed by atoms with E-state index in [1.54, 1.807) is 46.9 Å². The quantitative estimate of drug-likeness (QED) is 0.0322. The third-order valence-corrected chi connectivity index (χ3v) is 11.7. The number of ether oxygens (including phenoxy) is 12. The van der Waals surface area contributed by atoms with E-state index in [1.807, 2.05) is 24.3 Å². The number of hydrogen-bond acceptors (Lipinski definition) is 16. The lowest BCUT2D eigenvalue weighted by atomic mass is 9.75. The van der Waals surface area contributed by atoms with Crippen molar-refractivity contribution in [2.75, 3.05) is 126 Å². The van der Waals surface area contributed by atoms with Gasteiger partial charge in [-0.05, 0) is 106 Å². The van der Waals surface area contributed by atoms with E-state index in [2.05, 4.69) is 20.8 Å². The largest absolute Gasteiger partial charge is 0.463 e. The molecular formula is C50H74O16S. The van der Waals surface area contributed by atoms with Gasteiger partial charge >= 0.3 is 11.9 Å². The number of carbonyl (C=O) groups excluding carboxylic acids is 2. The molecule has 0 aliphatic heterocycles. The molecule has 0 bridgehead atoms. The second-order valence-corrected chi connectivity index (χ2v) is 19.6. The van der Waals surface area contributed by atoms with Crippen LogP contribution in [0, 0.1) is 10.8 Å². The van der Waals surface area contributed by atoms with E-state index in [9.17, 15) is 18.0 Å². The van der Waals surface area contributed by atoms with Crippen molar-refractivity contribution in [3.8, 4) is 17.2 Å². The van der Waals surface area contributed by atoms with Crippen molar-refractivity contribution in [1.82, 2.24) is 0 Å². The predicted molar refractivity (Wildman–Crippen MR) is 251 cm³/mol. The standard InChI is InChI=1S/C50H74O16S/c1-48(2,3)40-9-11-41(12-10-40)65-42-13-17-44(18-14-42)67(53,54)45-19-15-43(16-20-45)66-47(52)50(6,7)39-49(4,5)46(51)64-38-37-63-36-35-62-34-33-61-32-31-60-30-29-59-28-27-58-26-25-57-24-23-56-22-21-55-8/h9-20H,21-39H2,1-8H3. The van der Waals surface area contributed by atoms with Gasteiger partial charge in [0.05, 0.1) is 133 Å². The molecule has 0 saturated heterocycles. The van der Waals surface area contributed by atoms with Gasteiger partial charge in [-0.3, -0.25) is 9.59 Å². The van der Waals surface area contributed by atoms with Crippen molar-refractivity contribution in [2.45, 2.75) is 70.1 Å². The Morgan fingerprint density at radius 1 is 0.418 bits per heavy atom. The van der Waals surface area contributed by atoms with Crippen LogP contribution in [0.25, 0.3) is 0 Å². The van der Waals surface area contributed by atoms with Crippen LogP contribution >= 0.6 is 0 Å². The highest BCUT2D eigenvalue weighted by Gasteiger charge is 2.41. The van der Waals surface area contributed by atoms with Crippen LogP contribution in [0.2, 0.25) is 0 Å². The molecule has 0 aliphatic rings. The molecule has 3 aromatic rings. The van der Waals surface area contributed by atoms with Crippen LogP contribution in [-0.2, 0) is 72.2 Å². The van der Waals surface area contributed by atoms with Crippen LogP contribution in [0.15, 0.2) is 82.6 Å². The van der Waals surface area contributed by atoms with Crippen molar-refractivity contribution in [3.05, 3.63) is 78.4 Å². The SMILES string of the molecule is COCCOCCOCCOCCOCCOCCOCCOCCOCCOC(=O)C(C)(C)CC(C)(C)C(=O)Oc1ccc(S(=O)(=O)c2ccc(Oc3ccc(C(C)(C)C)cc3)cc2)cc1. The summed E-state index contributed by atoms with van der Waals surface area (Å²) in [4.78, 5) is 26.4. The number of benzene rings is 3. The maximum atomic E-state index is 13.4. The lowest BCUT2D eigenvalue weighted by Crippen LogP contribution is -2.38. The van der Waals surface area contributed by atoms with Gasteiger partial charge in [0.15, 0.2) is 0 Å². The van der Waals surface area contributed by atoms with E-state index in [0.29, 0.717) is 117 Å². The topological polar surface area (TPSA) is 179 Å². The van der Waals surface area contributed by atoms with Crippen molar-refractivity contribution >= 4 is 21.8 Å². The summed E-state index contributed by atoms with van der Waals surface area (Å²) < 4.78 is 92.4. The summed E-state index contributed by atoms with van der Waals surface area (Å²) in [6.45, 7) is 20.8. The number of sulfone groups is 1. The first-order chi connectivity index (χ1) is 32.0. The van der Waals surface area contributed by atoms with Gasteiger partial charge in [0.25, 0.3) is 0 Å². The molecule has 0 unspecified atom stereocenters. The average molecular weight is 963 g/mol. The zero-order valence-corrected chi connectivity index (χ0v) is 41.6. The highest BCUT2D eigenvalue weighted by atomic mass is 32.2. The van der Waals surface area contributed by atoms with E-state index in [1.165, 1.54) is 42.0 Å². The first-order valence-electron chi connectivity index (χ1n) is 22.7. The molecule has 16 nitrogen and oxygen atoms in total. The fraction of sp³-hybridized carbons (Fsp3) is 0.600. The Morgan fingerprint density at radius 3 is 1.09 bits per heavy atom. The lowest BCUT2D eigenvalue weighted by molar-refractivity contribution is -0.159. The summed E-state index contributed by atoms with van der Waals surface area (Å²) in [6.07, 6.45) is 0.130. The minimum absolute atomic E-state index is 0.0156. The first kappa shape index (κ1) is 57.3. The molecule has 0 aromatic heterocycles. The summed E-state index contributed by atoms with van der Waals surface area (Å²) in [7, 11) is -2.23. The van der Waals surface area contributed by atoms with Gasteiger partial charge in [0.2, 0.25) is 9.84 Å². The van der Waals surface area contributed by atoms with Gasteiger partial charge in [0.1, 0.15) is 23.9 Å². The van der Waals surface area contributed by atoms with Gasteiger partial charge in [-0.25, -0.2) is 8.42 Å². The molecule has 17 heteroatoms. The summed E-state index contributed by atoms with van der Waals surface area (Å²) in [5.74, 6) is 0.254. The lowest BCUT2D eigenvalue weighted by Gasteiger charge is -2.31. The van der Waals surface area contributed by atoms with Crippen LogP contribution in [-0.4, -0.2) is 146 Å². The van der Waals surface area contributed by atoms with Crippen molar-refractivity contribution in [1.29, 1.82) is 0 Å². The highest BCUT2D eigenvalue weighted by Crippen LogP contribution is 2.36. The van der Waals surface area contributed by atoms with Gasteiger partial charge in [-0.2, -0.15) is 0 Å². The summed E-state index contributed by atoms with van der Waals surface area (Å²) in [5.41, 5.74) is -0.912. The smallest absolute Gasteiger partial charge is 0.316 e. The molecule has 0 atom stereocenters. The number of rotatable bonds is 36. The molecule has 3 rings (SSSR count). The predicted octanol–water partition coefficient (Wildman–Crippen LogP) is 7.28. The number of methoxy groups -OCH3 is 1. The molecule has 376 valence electrons. The maximum absolute atomic E-state index is 13.4. The van der Waals surface area contributed by atoms with Crippen molar-refractivity contribution < 1.29 is 74.8 Å². The second-order valence-electron chi connectivity index (χ2n) is 17.7. The Kier molecular flexibility index (Phi) is 26.1. The molecule has 0 heterocycles. The molecule has 0 N–H and O–H groups in total. The maximum Gasteiger partial charge on any atom is 0.316 e. The minimum atomic E-state index is -3.87. The Hall–Kier alpha value is -4.01. The van der Waals surface area contributed by atoms with Crippen molar-refractivity contribution in [2.24, 2.45) is 10.8 Å². The molecule has 67 heavy (non-hydrogen) atoms. The normalized spacial score (nSPS) is 12.3. The van der Waals surface area contributed by atoms with E-state index in [4.69, 9.17) is 56.8 Å². The molecule has 0 radical (unpaired) electrons. The summed E-state index contributed by atoms with van der Waals surface area (Å²) in [6, 6.07) is 19.6. The molecular weight excluding hydrogens is 889 g/mol. The van der Waals surface area contributed by atoms with Gasteiger partial charge in [-0.15, -0.1) is 0 Å². The van der Waals surface area contributed by atoms with E-state index in [0.717, 1.165) is 0 Å². The first-order valence-corrected chi connectivity index (χ1v) is 24.2. The van der Waals surface area contributed by atoms with Crippen LogP contribution < -0.4 is 9.47 Å². The van der Waals surface area contributed by atoms with Crippen molar-refractivity contribution in [3.63, 3.8) is 0 Å². The van der Waals surface area contributed by atoms with Gasteiger partial charge < -0.3 is 56.8 Å². The number of carbonyl (C=O) groups is 2. The molecule has 0 amide bonds. The average Bonchev–Trinajstić information content (AvgIpc) is 3.28. The Labute approximate surface area is 398 Å². The third-order valence-electron chi connectivity index (χ3n) is 9.92. The minimum Gasteiger partial charge on any atom is -0.463 e. The fourth-order valence-electron chi connectivity index (χ4n) is 6.34. The Morgan fingerprint density at radius 2 is 0.731 bits per heavy atom. The van der Waals surface area contributed by atoms with E-state index in [-0.39, 0.29) is 40.6 Å². The van der Waals surface area contributed by atoms with Crippen LogP contribution in [0.3, 0.4) is 0 Å². The summed E-state index contributed by atoms with van der Waals surface area (Å²) in [5, 5.41) is 0. The Bertz CT molecular complexity index is 1930. The summed E-state index contributed by atoms with van der Waals surface area (Å²) >= 11 is 0. The number of hydrogen-bond donors (Lipinski definition) is 0. The Balaban J connectivity index is 1.21. The van der Waals surface area contributed by atoms with Crippen LogP contribution in [0.4, 0.5) is 0 Å². The van der Waals surface area contributed by atoms with Crippen LogP contribution in [0.1, 0.15) is 60.5 Å². The molecule has 0 fully saturated rings.